The minimum absolute atomic E-state index is 0.443. The summed E-state index contributed by atoms with van der Waals surface area (Å²) in [6.45, 7) is 6.33. The number of carboxylic acids is 1. The van der Waals surface area contributed by atoms with Crippen LogP contribution in [-0.2, 0) is 4.79 Å². The highest BCUT2D eigenvalue weighted by Crippen LogP contribution is 1.97. The minimum atomic E-state index is -0.765. The van der Waals surface area contributed by atoms with Gasteiger partial charge in [-0.2, -0.15) is 0 Å². The zero-order valence-corrected chi connectivity index (χ0v) is 10.1. The van der Waals surface area contributed by atoms with Crippen LogP contribution < -0.4 is 5.32 Å². The number of nitrogens with zero attached hydrogens (tertiary/aromatic N) is 1. The predicted molar refractivity (Wildman–Crippen MR) is 62.1 cm³/mol. The lowest BCUT2D eigenvalue weighted by Crippen LogP contribution is -2.45. The van der Waals surface area contributed by atoms with Gasteiger partial charge < -0.3 is 15.3 Å². The van der Waals surface area contributed by atoms with E-state index < -0.39 is 12.0 Å². The van der Waals surface area contributed by atoms with Gasteiger partial charge in [0.2, 0.25) is 0 Å². The number of aliphatic carboxylic acids is 1. The molecule has 4 nitrogen and oxygen atoms in total. The first-order chi connectivity index (χ1) is 7.11. The Bertz CT molecular complexity index is 174. The van der Waals surface area contributed by atoms with Crippen molar-refractivity contribution in [2.24, 2.45) is 0 Å². The highest BCUT2D eigenvalue weighted by molar-refractivity contribution is 5.73. The van der Waals surface area contributed by atoms with E-state index in [1.54, 1.807) is 0 Å². The van der Waals surface area contributed by atoms with E-state index in [0.29, 0.717) is 13.1 Å². The summed E-state index contributed by atoms with van der Waals surface area (Å²) >= 11 is 0. The number of hydrogen-bond donors (Lipinski definition) is 2. The van der Waals surface area contributed by atoms with Crippen molar-refractivity contribution in [3.8, 4) is 0 Å². The molecule has 0 amide bonds. The van der Waals surface area contributed by atoms with Gasteiger partial charge in [-0.05, 0) is 26.6 Å². The van der Waals surface area contributed by atoms with Crippen LogP contribution in [0.3, 0.4) is 0 Å². The molecule has 0 aliphatic carbocycles. The van der Waals surface area contributed by atoms with E-state index >= 15 is 0 Å². The van der Waals surface area contributed by atoms with E-state index in [2.05, 4.69) is 17.1 Å². The van der Waals surface area contributed by atoms with Gasteiger partial charge in [-0.3, -0.25) is 4.79 Å². The number of nitrogens with one attached hydrogen (secondary N) is 1. The molecule has 0 fully saturated rings. The Morgan fingerprint density at radius 2 is 2.07 bits per heavy atom. The highest BCUT2D eigenvalue weighted by atomic mass is 16.4. The van der Waals surface area contributed by atoms with Gasteiger partial charge >= 0.3 is 5.97 Å². The van der Waals surface area contributed by atoms with E-state index in [1.165, 1.54) is 12.8 Å². The Labute approximate surface area is 92.7 Å². The SMILES string of the molecule is CCCCCN(C)CC(NCC)C(=O)O. The van der Waals surface area contributed by atoms with Crippen molar-refractivity contribution < 1.29 is 9.90 Å². The van der Waals surface area contributed by atoms with E-state index in [-0.39, 0.29) is 0 Å². The number of hydrogen-bond acceptors (Lipinski definition) is 3. The number of unbranched alkanes of at least 4 members (excludes halogenated alkanes) is 2. The van der Waals surface area contributed by atoms with Gasteiger partial charge in [0.05, 0.1) is 0 Å². The van der Waals surface area contributed by atoms with E-state index in [0.717, 1.165) is 13.0 Å². The molecule has 0 bridgehead atoms. The number of carboxylic acid groups (broad SMARTS) is 1. The maximum atomic E-state index is 10.9. The lowest BCUT2D eigenvalue weighted by Gasteiger charge is -2.21. The molecule has 0 heterocycles. The second-order valence-electron chi connectivity index (χ2n) is 3.92. The molecular formula is C11H24N2O2. The Balaban J connectivity index is 3.78. The van der Waals surface area contributed by atoms with Gasteiger partial charge in [0.25, 0.3) is 0 Å². The van der Waals surface area contributed by atoms with Gasteiger partial charge in [0.1, 0.15) is 6.04 Å². The molecule has 1 atom stereocenters. The average Bonchev–Trinajstić information content (AvgIpc) is 2.17. The number of carbonyl (C=O) groups is 1. The van der Waals surface area contributed by atoms with Gasteiger partial charge in [-0.1, -0.05) is 26.7 Å². The molecule has 0 radical (unpaired) electrons. The van der Waals surface area contributed by atoms with Gasteiger partial charge in [0.15, 0.2) is 0 Å². The van der Waals surface area contributed by atoms with Gasteiger partial charge in [-0.15, -0.1) is 0 Å². The molecular weight excluding hydrogens is 192 g/mol. The predicted octanol–water partition coefficient (Wildman–Crippen LogP) is 1.17. The quantitative estimate of drug-likeness (QED) is 0.568. The summed E-state index contributed by atoms with van der Waals surface area (Å²) in [5.74, 6) is -0.765. The third-order valence-electron chi connectivity index (χ3n) is 2.39. The molecule has 0 aromatic heterocycles. The van der Waals surface area contributed by atoms with Crippen LogP contribution in [0.1, 0.15) is 33.1 Å². The van der Waals surface area contributed by atoms with Crippen LogP contribution in [0.25, 0.3) is 0 Å². The van der Waals surface area contributed by atoms with Crippen LogP contribution in [-0.4, -0.2) is 48.7 Å². The lowest BCUT2D eigenvalue weighted by molar-refractivity contribution is -0.139. The average molecular weight is 216 g/mol. The second-order valence-corrected chi connectivity index (χ2v) is 3.92. The summed E-state index contributed by atoms with van der Waals surface area (Å²) in [5.41, 5.74) is 0. The molecule has 2 N–H and O–H groups in total. The maximum absolute atomic E-state index is 10.9. The van der Waals surface area contributed by atoms with Crippen LogP contribution in [0.4, 0.5) is 0 Å². The molecule has 0 saturated carbocycles. The van der Waals surface area contributed by atoms with Gasteiger partial charge in [-0.25, -0.2) is 0 Å². The Morgan fingerprint density at radius 1 is 1.40 bits per heavy atom. The van der Waals surface area contributed by atoms with Crippen molar-refractivity contribution in [1.82, 2.24) is 10.2 Å². The molecule has 0 aromatic carbocycles. The minimum Gasteiger partial charge on any atom is -0.480 e. The zero-order chi connectivity index (χ0) is 11.7. The summed E-state index contributed by atoms with van der Waals surface area (Å²) in [6, 6.07) is -0.443. The third kappa shape index (κ3) is 7.33. The van der Waals surface area contributed by atoms with Crippen molar-refractivity contribution in [3.05, 3.63) is 0 Å². The fraction of sp³-hybridized carbons (Fsp3) is 0.909. The third-order valence-corrected chi connectivity index (χ3v) is 2.39. The van der Waals surface area contributed by atoms with E-state index in [1.807, 2.05) is 14.0 Å². The zero-order valence-electron chi connectivity index (χ0n) is 10.1. The van der Waals surface area contributed by atoms with Crippen LogP contribution >= 0.6 is 0 Å². The smallest absolute Gasteiger partial charge is 0.322 e. The summed E-state index contributed by atoms with van der Waals surface area (Å²) in [7, 11) is 1.98. The van der Waals surface area contributed by atoms with Crippen LogP contribution in [0, 0.1) is 0 Å². The molecule has 1 unspecified atom stereocenters. The van der Waals surface area contributed by atoms with Crippen molar-refractivity contribution in [1.29, 1.82) is 0 Å². The van der Waals surface area contributed by atoms with Crippen molar-refractivity contribution in [3.63, 3.8) is 0 Å². The fourth-order valence-electron chi connectivity index (χ4n) is 1.51. The first-order valence-corrected chi connectivity index (χ1v) is 5.76. The molecule has 0 aromatic rings. The first-order valence-electron chi connectivity index (χ1n) is 5.76. The lowest BCUT2D eigenvalue weighted by atomic mass is 10.2. The number of likely N-dealkylation sites (N-methyl/N-ethyl adjacent to an activating group) is 2. The summed E-state index contributed by atoms with van der Waals surface area (Å²) < 4.78 is 0. The van der Waals surface area contributed by atoms with Gasteiger partial charge in [0, 0.05) is 6.54 Å². The van der Waals surface area contributed by atoms with Crippen molar-refractivity contribution >= 4 is 5.97 Å². The molecule has 4 heteroatoms. The summed E-state index contributed by atoms with van der Waals surface area (Å²) in [4.78, 5) is 12.9. The largest absolute Gasteiger partial charge is 0.480 e. The summed E-state index contributed by atoms with van der Waals surface area (Å²) in [5, 5.41) is 11.9. The van der Waals surface area contributed by atoms with E-state index in [4.69, 9.17) is 5.11 Å². The van der Waals surface area contributed by atoms with Crippen molar-refractivity contribution in [2.75, 3.05) is 26.7 Å². The molecule has 0 aliphatic heterocycles. The second kappa shape index (κ2) is 8.68. The molecule has 0 aliphatic rings. The Kier molecular flexibility index (Phi) is 8.33. The fourth-order valence-corrected chi connectivity index (χ4v) is 1.51. The molecule has 15 heavy (non-hydrogen) atoms. The van der Waals surface area contributed by atoms with Crippen LogP contribution in [0.15, 0.2) is 0 Å². The monoisotopic (exact) mass is 216 g/mol. The Hall–Kier alpha value is -0.610. The standard InChI is InChI=1S/C11H24N2O2/c1-4-6-7-8-13(3)9-10(11(14)15)12-5-2/h10,12H,4-9H2,1-3H3,(H,14,15). The molecule has 90 valence electrons. The van der Waals surface area contributed by atoms with Crippen LogP contribution in [0.2, 0.25) is 0 Å². The number of rotatable bonds is 9. The maximum Gasteiger partial charge on any atom is 0.322 e. The van der Waals surface area contributed by atoms with E-state index in [9.17, 15) is 4.79 Å². The normalized spacial score (nSPS) is 13.1. The molecule has 0 rings (SSSR count). The topological polar surface area (TPSA) is 52.6 Å². The molecule has 0 spiro atoms. The van der Waals surface area contributed by atoms with Crippen molar-refractivity contribution in [2.45, 2.75) is 39.2 Å². The van der Waals surface area contributed by atoms with Crippen LogP contribution in [0.5, 0.6) is 0 Å². The molecule has 0 saturated heterocycles. The highest BCUT2D eigenvalue weighted by Gasteiger charge is 2.17. The first kappa shape index (κ1) is 14.4. The summed E-state index contributed by atoms with van der Waals surface area (Å²) in [6.07, 6.45) is 3.55. The Morgan fingerprint density at radius 3 is 2.53 bits per heavy atom.